The number of ether oxygens (including phenoxy) is 2. The number of piperazine rings is 1. The SMILES string of the molecule is COc1cccc2c1Oc1ccccc1N=C2N1CCN(C(=O)c2ccc(F)cc2)C(C)C1. The highest BCUT2D eigenvalue weighted by molar-refractivity contribution is 6.04. The quantitative estimate of drug-likeness (QED) is 0.565. The first kappa shape index (κ1) is 21.0. The van der Waals surface area contributed by atoms with E-state index in [2.05, 4.69) is 4.90 Å². The van der Waals surface area contributed by atoms with Crippen molar-refractivity contribution in [1.82, 2.24) is 9.80 Å². The Morgan fingerprint density at radius 1 is 1.06 bits per heavy atom. The number of fused-ring (bicyclic) bond motifs is 2. The molecule has 5 rings (SSSR count). The van der Waals surface area contributed by atoms with Crippen molar-refractivity contribution in [3.8, 4) is 17.2 Å². The highest BCUT2D eigenvalue weighted by Gasteiger charge is 2.32. The average molecular weight is 445 g/mol. The van der Waals surface area contributed by atoms with Gasteiger partial charge in [0.2, 0.25) is 0 Å². The van der Waals surface area contributed by atoms with Gasteiger partial charge in [-0.2, -0.15) is 0 Å². The fraction of sp³-hybridized carbons (Fsp3) is 0.231. The summed E-state index contributed by atoms with van der Waals surface area (Å²) in [7, 11) is 1.62. The molecule has 1 atom stereocenters. The first-order chi connectivity index (χ1) is 16.0. The fourth-order valence-electron chi connectivity index (χ4n) is 4.33. The Bertz CT molecular complexity index is 1230. The second-order valence-corrected chi connectivity index (χ2v) is 8.14. The third-order valence-corrected chi connectivity index (χ3v) is 6.02. The molecule has 7 heteroatoms. The van der Waals surface area contributed by atoms with E-state index in [1.807, 2.05) is 54.3 Å². The lowest BCUT2D eigenvalue weighted by molar-refractivity contribution is 0.0581. The van der Waals surface area contributed by atoms with E-state index < -0.39 is 0 Å². The van der Waals surface area contributed by atoms with E-state index in [9.17, 15) is 9.18 Å². The molecular weight excluding hydrogens is 421 g/mol. The number of benzene rings is 3. The van der Waals surface area contributed by atoms with Crippen LogP contribution in [-0.2, 0) is 0 Å². The van der Waals surface area contributed by atoms with Gasteiger partial charge in [-0.1, -0.05) is 18.2 Å². The van der Waals surface area contributed by atoms with Gasteiger partial charge in [-0.15, -0.1) is 0 Å². The number of para-hydroxylation sites is 3. The molecule has 33 heavy (non-hydrogen) atoms. The van der Waals surface area contributed by atoms with E-state index in [4.69, 9.17) is 14.5 Å². The molecule has 1 unspecified atom stereocenters. The van der Waals surface area contributed by atoms with Crippen molar-refractivity contribution in [3.63, 3.8) is 0 Å². The van der Waals surface area contributed by atoms with Gasteiger partial charge in [-0.3, -0.25) is 4.79 Å². The summed E-state index contributed by atoms with van der Waals surface area (Å²) < 4.78 is 25.1. The zero-order chi connectivity index (χ0) is 22.9. The normalized spacial score (nSPS) is 17.3. The van der Waals surface area contributed by atoms with Crippen LogP contribution in [0.3, 0.4) is 0 Å². The zero-order valence-electron chi connectivity index (χ0n) is 18.5. The maximum Gasteiger partial charge on any atom is 0.254 e. The summed E-state index contributed by atoms with van der Waals surface area (Å²) in [6.45, 7) is 3.75. The predicted molar refractivity (Wildman–Crippen MR) is 124 cm³/mol. The summed E-state index contributed by atoms with van der Waals surface area (Å²) in [6, 6.07) is 19.0. The van der Waals surface area contributed by atoms with Crippen LogP contribution in [0.5, 0.6) is 17.2 Å². The standard InChI is InChI=1S/C26H24FN3O3/c1-17-16-29(14-15-30(17)26(31)18-10-12-19(27)13-11-18)25-20-6-5-9-23(32-2)24(20)33-22-8-4-3-7-21(22)28-25/h3-13,17H,14-16H2,1-2H3. The Morgan fingerprint density at radius 3 is 2.61 bits per heavy atom. The van der Waals surface area contributed by atoms with Gasteiger partial charge >= 0.3 is 0 Å². The number of aliphatic imine (C=N–C) groups is 1. The average Bonchev–Trinajstić information content (AvgIpc) is 3.01. The molecule has 1 amide bonds. The predicted octanol–water partition coefficient (Wildman–Crippen LogP) is 4.86. The van der Waals surface area contributed by atoms with E-state index in [1.54, 1.807) is 7.11 Å². The Morgan fingerprint density at radius 2 is 1.85 bits per heavy atom. The molecule has 0 aromatic heterocycles. The number of carbonyl (C=O) groups excluding carboxylic acids is 1. The number of hydrogen-bond acceptors (Lipinski definition) is 5. The van der Waals surface area contributed by atoms with Crippen LogP contribution in [0, 0.1) is 5.82 Å². The lowest BCUT2D eigenvalue weighted by atomic mass is 10.1. The molecule has 3 aromatic rings. The van der Waals surface area contributed by atoms with Crippen LogP contribution in [0.4, 0.5) is 10.1 Å². The van der Waals surface area contributed by atoms with Crippen molar-refractivity contribution in [3.05, 3.63) is 83.7 Å². The minimum atomic E-state index is -0.354. The van der Waals surface area contributed by atoms with E-state index in [0.29, 0.717) is 42.4 Å². The maximum atomic E-state index is 13.3. The molecule has 1 fully saturated rings. The minimum Gasteiger partial charge on any atom is -0.493 e. The number of amides is 1. The number of methoxy groups -OCH3 is 1. The second-order valence-electron chi connectivity index (χ2n) is 8.14. The van der Waals surface area contributed by atoms with Gasteiger partial charge in [-0.05, 0) is 55.5 Å². The lowest BCUT2D eigenvalue weighted by Gasteiger charge is -2.41. The molecule has 0 aliphatic carbocycles. The van der Waals surface area contributed by atoms with Gasteiger partial charge in [0.15, 0.2) is 17.2 Å². The smallest absolute Gasteiger partial charge is 0.254 e. The topological polar surface area (TPSA) is 54.4 Å². The van der Waals surface area contributed by atoms with Crippen molar-refractivity contribution in [2.45, 2.75) is 13.0 Å². The highest BCUT2D eigenvalue weighted by atomic mass is 19.1. The van der Waals surface area contributed by atoms with Crippen molar-refractivity contribution in [2.24, 2.45) is 4.99 Å². The summed E-state index contributed by atoms with van der Waals surface area (Å²) in [5.74, 6) is 2.26. The van der Waals surface area contributed by atoms with Gasteiger partial charge in [0.1, 0.15) is 17.3 Å². The second kappa shape index (κ2) is 8.58. The number of amidine groups is 1. The van der Waals surface area contributed by atoms with Gasteiger partial charge in [0, 0.05) is 31.2 Å². The van der Waals surface area contributed by atoms with Crippen LogP contribution in [0.2, 0.25) is 0 Å². The molecule has 168 valence electrons. The Balaban J connectivity index is 1.46. The van der Waals surface area contributed by atoms with Gasteiger partial charge in [-0.25, -0.2) is 9.38 Å². The number of rotatable bonds is 2. The fourth-order valence-corrected chi connectivity index (χ4v) is 4.33. The van der Waals surface area contributed by atoms with Crippen LogP contribution >= 0.6 is 0 Å². The molecule has 0 radical (unpaired) electrons. The summed E-state index contributed by atoms with van der Waals surface area (Å²) in [5.41, 5.74) is 2.07. The van der Waals surface area contributed by atoms with Crippen LogP contribution < -0.4 is 9.47 Å². The van der Waals surface area contributed by atoms with E-state index >= 15 is 0 Å². The van der Waals surface area contributed by atoms with E-state index in [0.717, 1.165) is 17.1 Å². The van der Waals surface area contributed by atoms with E-state index in [1.165, 1.54) is 24.3 Å². The van der Waals surface area contributed by atoms with Crippen LogP contribution in [0.25, 0.3) is 0 Å². The maximum absolute atomic E-state index is 13.3. The summed E-state index contributed by atoms with van der Waals surface area (Å²) >= 11 is 0. The largest absolute Gasteiger partial charge is 0.493 e. The molecule has 0 spiro atoms. The Hall–Kier alpha value is -3.87. The number of carbonyl (C=O) groups is 1. The van der Waals surface area contributed by atoms with Crippen molar-refractivity contribution >= 4 is 17.4 Å². The molecule has 1 saturated heterocycles. The number of hydrogen-bond donors (Lipinski definition) is 0. The van der Waals surface area contributed by atoms with Gasteiger partial charge in [0.05, 0.1) is 12.7 Å². The van der Waals surface area contributed by atoms with Gasteiger partial charge in [0.25, 0.3) is 5.91 Å². The Kier molecular flexibility index (Phi) is 5.46. The first-order valence-corrected chi connectivity index (χ1v) is 10.9. The third-order valence-electron chi connectivity index (χ3n) is 6.02. The molecule has 3 aromatic carbocycles. The highest BCUT2D eigenvalue weighted by Crippen LogP contribution is 2.42. The Labute approximate surface area is 191 Å². The summed E-state index contributed by atoms with van der Waals surface area (Å²) in [4.78, 5) is 22.0. The summed E-state index contributed by atoms with van der Waals surface area (Å²) in [6.07, 6.45) is 0. The van der Waals surface area contributed by atoms with E-state index in [-0.39, 0.29) is 17.8 Å². The van der Waals surface area contributed by atoms with Crippen LogP contribution in [-0.4, -0.2) is 54.3 Å². The molecule has 2 heterocycles. The van der Waals surface area contributed by atoms with Crippen LogP contribution in [0.1, 0.15) is 22.8 Å². The number of halogens is 1. The molecule has 0 saturated carbocycles. The third kappa shape index (κ3) is 3.91. The molecular formula is C26H24FN3O3. The molecule has 2 aliphatic rings. The van der Waals surface area contributed by atoms with Gasteiger partial charge < -0.3 is 19.3 Å². The lowest BCUT2D eigenvalue weighted by Crippen LogP contribution is -2.55. The number of nitrogens with zero attached hydrogens (tertiary/aromatic N) is 3. The molecule has 2 aliphatic heterocycles. The molecule has 0 N–H and O–H groups in total. The van der Waals surface area contributed by atoms with Crippen molar-refractivity contribution in [1.29, 1.82) is 0 Å². The zero-order valence-corrected chi connectivity index (χ0v) is 18.5. The van der Waals surface area contributed by atoms with Crippen LogP contribution in [0.15, 0.2) is 71.7 Å². The monoisotopic (exact) mass is 445 g/mol. The first-order valence-electron chi connectivity index (χ1n) is 10.9. The molecule has 0 bridgehead atoms. The summed E-state index contributed by atoms with van der Waals surface area (Å²) in [5, 5.41) is 0. The van der Waals surface area contributed by atoms with Crippen molar-refractivity contribution in [2.75, 3.05) is 26.7 Å². The van der Waals surface area contributed by atoms with Crippen molar-refractivity contribution < 1.29 is 18.7 Å². The minimum absolute atomic E-state index is 0.0625. The molecule has 6 nitrogen and oxygen atoms in total.